The molecule has 16 heavy (non-hydrogen) atoms. The molecule has 86 valence electrons. The van der Waals surface area contributed by atoms with Crippen molar-refractivity contribution in [2.24, 2.45) is 5.41 Å². The molecular weight excluding hydrogens is 288 g/mol. The van der Waals surface area contributed by atoms with Crippen LogP contribution in [0.1, 0.15) is 19.4 Å². The zero-order valence-corrected chi connectivity index (χ0v) is 11.6. The standard InChI is InChI=1S/C12H13BrO2S/c1-12(2,11(14)15)10-6-7-5-8(13)3-4-9(7)16-10/h3-5,10H,6H2,1-2H3,(H,14,15). The number of hydrogen-bond acceptors (Lipinski definition) is 2. The second-order valence-electron chi connectivity index (χ2n) is 4.59. The Balaban J connectivity index is 2.26. The lowest BCUT2D eigenvalue weighted by atomic mass is 9.86. The van der Waals surface area contributed by atoms with Crippen LogP contribution in [0.15, 0.2) is 27.6 Å². The van der Waals surface area contributed by atoms with Gasteiger partial charge >= 0.3 is 5.97 Å². The minimum atomic E-state index is -0.725. The highest BCUT2D eigenvalue weighted by Gasteiger charge is 2.40. The lowest BCUT2D eigenvalue weighted by Gasteiger charge is -2.25. The highest BCUT2D eigenvalue weighted by molar-refractivity contribution is 9.10. The Labute approximate surface area is 108 Å². The maximum atomic E-state index is 11.2. The predicted molar refractivity (Wildman–Crippen MR) is 68.9 cm³/mol. The smallest absolute Gasteiger partial charge is 0.310 e. The largest absolute Gasteiger partial charge is 0.481 e. The summed E-state index contributed by atoms with van der Waals surface area (Å²) in [6.07, 6.45) is 0.832. The lowest BCUT2D eigenvalue weighted by Crippen LogP contribution is -2.34. The second kappa shape index (κ2) is 4.08. The number of thioether (sulfide) groups is 1. The number of carboxylic acids is 1. The first-order valence-corrected chi connectivity index (χ1v) is 6.77. The summed E-state index contributed by atoms with van der Waals surface area (Å²) in [5.41, 5.74) is 0.564. The molecule has 0 aliphatic carbocycles. The van der Waals surface area contributed by atoms with Crippen molar-refractivity contribution < 1.29 is 9.90 Å². The van der Waals surface area contributed by atoms with E-state index in [0.717, 1.165) is 10.9 Å². The van der Waals surface area contributed by atoms with E-state index in [-0.39, 0.29) is 5.25 Å². The fourth-order valence-corrected chi connectivity index (χ4v) is 3.57. The van der Waals surface area contributed by atoms with Gasteiger partial charge in [-0.15, -0.1) is 11.8 Å². The van der Waals surface area contributed by atoms with Crippen LogP contribution in [-0.4, -0.2) is 16.3 Å². The van der Waals surface area contributed by atoms with Crippen molar-refractivity contribution in [3.63, 3.8) is 0 Å². The number of rotatable bonds is 2. The molecule has 4 heteroatoms. The fourth-order valence-electron chi connectivity index (χ4n) is 1.76. The summed E-state index contributed by atoms with van der Waals surface area (Å²) in [5.74, 6) is -0.725. The molecule has 1 atom stereocenters. The van der Waals surface area contributed by atoms with E-state index in [1.165, 1.54) is 10.5 Å². The lowest BCUT2D eigenvalue weighted by molar-refractivity contribution is -0.146. The number of fused-ring (bicyclic) bond motifs is 1. The van der Waals surface area contributed by atoms with Gasteiger partial charge in [0.15, 0.2) is 0 Å². The Morgan fingerprint density at radius 2 is 2.25 bits per heavy atom. The first-order chi connectivity index (χ1) is 7.41. The average molecular weight is 301 g/mol. The molecule has 0 fully saturated rings. The molecule has 0 amide bonds. The van der Waals surface area contributed by atoms with Crippen LogP contribution in [0.4, 0.5) is 0 Å². The molecule has 1 aliphatic rings. The normalized spacial score (nSPS) is 19.6. The van der Waals surface area contributed by atoms with Crippen LogP contribution in [0.25, 0.3) is 0 Å². The second-order valence-corrected chi connectivity index (χ2v) is 6.75. The van der Waals surface area contributed by atoms with Crippen LogP contribution in [0.2, 0.25) is 0 Å². The van der Waals surface area contributed by atoms with E-state index >= 15 is 0 Å². The molecule has 1 aliphatic heterocycles. The van der Waals surface area contributed by atoms with E-state index in [9.17, 15) is 9.90 Å². The van der Waals surface area contributed by atoms with E-state index in [1.54, 1.807) is 25.6 Å². The SMILES string of the molecule is CC(C)(C(=O)O)C1Cc2cc(Br)ccc2S1. The first-order valence-electron chi connectivity index (χ1n) is 5.10. The number of hydrogen-bond donors (Lipinski definition) is 1. The summed E-state index contributed by atoms with van der Waals surface area (Å²) >= 11 is 5.12. The molecule has 1 heterocycles. The molecule has 2 nitrogen and oxygen atoms in total. The maximum Gasteiger partial charge on any atom is 0.310 e. The van der Waals surface area contributed by atoms with E-state index in [1.807, 2.05) is 6.07 Å². The van der Waals surface area contributed by atoms with E-state index in [2.05, 4.69) is 28.1 Å². The maximum absolute atomic E-state index is 11.2. The number of carbonyl (C=O) groups is 1. The molecule has 1 N–H and O–H groups in total. The minimum absolute atomic E-state index is 0.120. The van der Waals surface area contributed by atoms with Gasteiger partial charge in [-0.3, -0.25) is 4.79 Å². The van der Waals surface area contributed by atoms with Gasteiger partial charge in [0.05, 0.1) is 5.41 Å². The summed E-state index contributed by atoms with van der Waals surface area (Å²) in [6.45, 7) is 3.60. The Hall–Kier alpha value is -0.480. The molecule has 1 aromatic rings. The minimum Gasteiger partial charge on any atom is -0.481 e. The zero-order chi connectivity index (χ0) is 11.9. The third kappa shape index (κ3) is 2.00. The molecule has 2 rings (SSSR count). The van der Waals surface area contributed by atoms with Crippen LogP contribution >= 0.6 is 27.7 Å². The summed E-state index contributed by atoms with van der Waals surface area (Å²) in [7, 11) is 0. The summed E-state index contributed by atoms with van der Waals surface area (Å²) in [6, 6.07) is 6.14. The van der Waals surface area contributed by atoms with Gasteiger partial charge in [-0.05, 0) is 44.0 Å². The van der Waals surface area contributed by atoms with Crippen LogP contribution in [0, 0.1) is 5.41 Å². The molecule has 1 unspecified atom stereocenters. The van der Waals surface area contributed by atoms with Gasteiger partial charge in [0.1, 0.15) is 0 Å². The molecule has 1 aromatic carbocycles. The van der Waals surface area contributed by atoms with E-state index in [4.69, 9.17) is 0 Å². The Morgan fingerprint density at radius 1 is 1.56 bits per heavy atom. The van der Waals surface area contributed by atoms with Gasteiger partial charge in [-0.2, -0.15) is 0 Å². The van der Waals surface area contributed by atoms with Crippen molar-refractivity contribution in [1.29, 1.82) is 0 Å². The first kappa shape index (κ1) is 12.0. The van der Waals surface area contributed by atoms with Crippen molar-refractivity contribution in [3.05, 3.63) is 28.2 Å². The van der Waals surface area contributed by atoms with Gasteiger partial charge in [0.2, 0.25) is 0 Å². The van der Waals surface area contributed by atoms with Crippen molar-refractivity contribution in [3.8, 4) is 0 Å². The molecule has 0 saturated carbocycles. The van der Waals surface area contributed by atoms with Crippen molar-refractivity contribution in [2.45, 2.75) is 30.4 Å². The number of benzene rings is 1. The third-order valence-electron chi connectivity index (χ3n) is 3.05. The monoisotopic (exact) mass is 300 g/mol. The van der Waals surface area contributed by atoms with Crippen molar-refractivity contribution >= 4 is 33.7 Å². The Kier molecular flexibility index (Phi) is 3.05. The van der Waals surface area contributed by atoms with Gasteiger partial charge in [0.25, 0.3) is 0 Å². The fraction of sp³-hybridized carbons (Fsp3) is 0.417. The van der Waals surface area contributed by atoms with Gasteiger partial charge in [-0.1, -0.05) is 15.9 Å². The van der Waals surface area contributed by atoms with E-state index in [0.29, 0.717) is 0 Å². The summed E-state index contributed by atoms with van der Waals surface area (Å²) < 4.78 is 1.06. The summed E-state index contributed by atoms with van der Waals surface area (Å²) in [4.78, 5) is 12.4. The molecular formula is C12H13BrO2S. The van der Waals surface area contributed by atoms with Gasteiger partial charge < -0.3 is 5.11 Å². The molecule has 0 saturated heterocycles. The number of aliphatic carboxylic acids is 1. The third-order valence-corrected chi connectivity index (χ3v) is 5.24. The molecule has 0 bridgehead atoms. The van der Waals surface area contributed by atoms with Crippen LogP contribution < -0.4 is 0 Å². The van der Waals surface area contributed by atoms with E-state index < -0.39 is 11.4 Å². The highest BCUT2D eigenvalue weighted by atomic mass is 79.9. The number of carboxylic acid groups (broad SMARTS) is 1. The van der Waals surface area contributed by atoms with Crippen LogP contribution in [0.3, 0.4) is 0 Å². The highest BCUT2D eigenvalue weighted by Crippen LogP contribution is 2.45. The number of halogens is 1. The Bertz CT molecular complexity index is 443. The quantitative estimate of drug-likeness (QED) is 0.907. The molecule has 0 spiro atoms. The zero-order valence-electron chi connectivity index (χ0n) is 9.16. The molecule has 0 aromatic heterocycles. The van der Waals surface area contributed by atoms with Crippen molar-refractivity contribution in [1.82, 2.24) is 0 Å². The predicted octanol–water partition coefficient (Wildman–Crippen LogP) is 3.58. The average Bonchev–Trinajstić information content (AvgIpc) is 2.60. The van der Waals surface area contributed by atoms with Crippen LogP contribution in [-0.2, 0) is 11.2 Å². The Morgan fingerprint density at radius 3 is 2.88 bits per heavy atom. The topological polar surface area (TPSA) is 37.3 Å². The van der Waals surface area contributed by atoms with Gasteiger partial charge in [-0.25, -0.2) is 0 Å². The van der Waals surface area contributed by atoms with Crippen molar-refractivity contribution in [2.75, 3.05) is 0 Å². The molecule has 0 radical (unpaired) electrons. The summed E-state index contributed by atoms with van der Waals surface area (Å²) in [5, 5.41) is 9.33. The van der Waals surface area contributed by atoms with Crippen LogP contribution in [0.5, 0.6) is 0 Å². The van der Waals surface area contributed by atoms with Gasteiger partial charge in [0, 0.05) is 14.6 Å².